The Morgan fingerprint density at radius 3 is 2.80 bits per heavy atom. The Morgan fingerprint density at radius 2 is 2.04 bits per heavy atom. The van der Waals surface area contributed by atoms with Gasteiger partial charge >= 0.3 is 0 Å². The van der Waals surface area contributed by atoms with Crippen molar-refractivity contribution >= 4 is 46.0 Å². The van der Waals surface area contributed by atoms with E-state index < -0.39 is 0 Å². The van der Waals surface area contributed by atoms with Crippen LogP contribution in [-0.2, 0) is 12.8 Å². The first kappa shape index (κ1) is 16.3. The molecule has 0 aliphatic rings. The quantitative estimate of drug-likeness (QED) is 0.495. The Kier molecular flexibility index (Phi) is 4.32. The maximum Gasteiger partial charge on any atom is 0.256 e. The largest absolute Gasteiger partial charge is 0.257 e. The molecule has 0 aliphatic carbocycles. The van der Waals surface area contributed by atoms with Crippen LogP contribution in [0.25, 0.3) is 17.0 Å². The van der Waals surface area contributed by atoms with Crippen LogP contribution in [0.2, 0.25) is 10.0 Å². The summed E-state index contributed by atoms with van der Waals surface area (Å²) >= 11 is 13.6. The van der Waals surface area contributed by atoms with Gasteiger partial charge in [0.15, 0.2) is 5.16 Å². The fraction of sp³-hybridized carbons (Fsp3) is 0.133. The average molecular weight is 392 g/mol. The average Bonchev–Trinajstić information content (AvgIpc) is 3.16. The summed E-state index contributed by atoms with van der Waals surface area (Å²) in [4.78, 5) is 8.98. The summed E-state index contributed by atoms with van der Waals surface area (Å²) in [7, 11) is 1.79. The van der Waals surface area contributed by atoms with E-state index >= 15 is 0 Å². The van der Waals surface area contributed by atoms with Crippen molar-refractivity contribution in [3.8, 4) is 5.95 Å². The third-order valence-corrected chi connectivity index (χ3v) is 5.03. The van der Waals surface area contributed by atoms with Crippen LogP contribution >= 0.6 is 35.0 Å². The molecule has 0 saturated carbocycles. The lowest BCUT2D eigenvalue weighted by Gasteiger charge is -2.07. The molecule has 10 heteroatoms. The summed E-state index contributed by atoms with van der Waals surface area (Å²) < 4.78 is 3.52. The van der Waals surface area contributed by atoms with Crippen molar-refractivity contribution in [1.29, 1.82) is 0 Å². The van der Waals surface area contributed by atoms with Gasteiger partial charge in [0.2, 0.25) is 0 Å². The molecule has 0 saturated heterocycles. The molecule has 0 amide bonds. The van der Waals surface area contributed by atoms with E-state index in [2.05, 4.69) is 20.5 Å². The number of para-hydroxylation sites is 2. The summed E-state index contributed by atoms with van der Waals surface area (Å²) in [5.74, 6) is 1.14. The second kappa shape index (κ2) is 6.62. The zero-order chi connectivity index (χ0) is 17.4. The van der Waals surface area contributed by atoms with Gasteiger partial charge in [-0.25, -0.2) is 9.67 Å². The molecule has 0 unspecified atom stereocenters. The molecule has 4 rings (SSSR count). The first-order valence-corrected chi connectivity index (χ1v) is 9.00. The molecule has 126 valence electrons. The molecule has 0 bridgehead atoms. The van der Waals surface area contributed by atoms with Crippen LogP contribution < -0.4 is 0 Å². The number of halogens is 2. The van der Waals surface area contributed by atoms with Crippen LogP contribution in [0.3, 0.4) is 0 Å². The van der Waals surface area contributed by atoms with Crippen LogP contribution in [0, 0.1) is 0 Å². The topological polar surface area (TPSA) is 74.3 Å². The Balaban J connectivity index is 1.75. The third kappa shape index (κ3) is 3.08. The number of tetrazole rings is 1. The predicted molar refractivity (Wildman–Crippen MR) is 97.2 cm³/mol. The Morgan fingerprint density at radius 1 is 1.20 bits per heavy atom. The molecule has 1 aromatic carbocycles. The van der Waals surface area contributed by atoms with Crippen LogP contribution in [0.15, 0.2) is 41.7 Å². The van der Waals surface area contributed by atoms with Gasteiger partial charge in [0.05, 0.1) is 26.8 Å². The smallest absolute Gasteiger partial charge is 0.256 e. The highest BCUT2D eigenvalue weighted by Crippen LogP contribution is 2.30. The van der Waals surface area contributed by atoms with Gasteiger partial charge in [0.25, 0.3) is 5.95 Å². The number of rotatable bonds is 4. The molecule has 4 aromatic rings. The van der Waals surface area contributed by atoms with E-state index in [1.165, 1.54) is 11.8 Å². The molecule has 0 aliphatic heterocycles. The minimum Gasteiger partial charge on any atom is -0.257 e. The molecule has 7 nitrogen and oxygen atoms in total. The van der Waals surface area contributed by atoms with Crippen LogP contribution in [0.4, 0.5) is 0 Å². The number of aryl methyl sites for hydroxylation is 1. The lowest BCUT2D eigenvalue weighted by atomic mass is 10.3. The molecular formula is C15H11Cl2N7S. The Bertz CT molecular complexity index is 1060. The summed E-state index contributed by atoms with van der Waals surface area (Å²) in [5, 5.41) is 13.5. The molecule has 0 spiro atoms. The minimum absolute atomic E-state index is 0.510. The van der Waals surface area contributed by atoms with Crippen molar-refractivity contribution in [3.05, 3.63) is 52.3 Å². The number of aromatic nitrogens is 7. The number of benzene rings is 1. The van der Waals surface area contributed by atoms with E-state index in [0.29, 0.717) is 21.7 Å². The second-order valence-corrected chi connectivity index (χ2v) is 6.98. The SMILES string of the molecule is Cn1nnnc1-n1c(SCc2ncc(Cl)cc2Cl)nc2ccccc21. The number of imidazole rings is 1. The normalized spacial score (nSPS) is 11.3. The molecule has 3 aromatic heterocycles. The monoisotopic (exact) mass is 391 g/mol. The summed E-state index contributed by atoms with van der Waals surface area (Å²) in [5.41, 5.74) is 2.53. The van der Waals surface area contributed by atoms with E-state index in [1.54, 1.807) is 24.0 Å². The van der Waals surface area contributed by atoms with Gasteiger partial charge in [0.1, 0.15) is 0 Å². The van der Waals surface area contributed by atoms with Crippen molar-refractivity contribution in [1.82, 2.24) is 34.7 Å². The van der Waals surface area contributed by atoms with Crippen molar-refractivity contribution < 1.29 is 0 Å². The van der Waals surface area contributed by atoms with Gasteiger partial charge in [-0.1, -0.05) is 52.2 Å². The van der Waals surface area contributed by atoms with E-state index in [9.17, 15) is 0 Å². The summed E-state index contributed by atoms with van der Waals surface area (Å²) in [6, 6.07) is 9.51. The first-order chi connectivity index (χ1) is 12.1. The van der Waals surface area contributed by atoms with Crippen LogP contribution in [0.1, 0.15) is 5.69 Å². The van der Waals surface area contributed by atoms with Gasteiger partial charge in [-0.05, 0) is 28.6 Å². The highest BCUT2D eigenvalue weighted by Gasteiger charge is 2.17. The van der Waals surface area contributed by atoms with Gasteiger partial charge in [-0.2, -0.15) is 0 Å². The van der Waals surface area contributed by atoms with E-state index in [4.69, 9.17) is 28.2 Å². The van der Waals surface area contributed by atoms with Crippen molar-refractivity contribution in [2.75, 3.05) is 0 Å². The molecule has 25 heavy (non-hydrogen) atoms. The maximum atomic E-state index is 6.22. The van der Waals surface area contributed by atoms with Crippen molar-refractivity contribution in [2.24, 2.45) is 7.05 Å². The van der Waals surface area contributed by atoms with Gasteiger partial charge < -0.3 is 0 Å². The second-order valence-electron chi connectivity index (χ2n) is 5.19. The number of nitrogens with zero attached hydrogens (tertiary/aromatic N) is 7. The molecule has 0 fully saturated rings. The summed E-state index contributed by atoms with van der Waals surface area (Å²) in [6.45, 7) is 0. The molecule has 0 radical (unpaired) electrons. The highest BCUT2D eigenvalue weighted by molar-refractivity contribution is 7.98. The van der Waals surface area contributed by atoms with E-state index in [-0.39, 0.29) is 0 Å². The number of hydrogen-bond acceptors (Lipinski definition) is 6. The van der Waals surface area contributed by atoms with Gasteiger partial charge in [-0.15, -0.1) is 0 Å². The Labute approximate surface area is 157 Å². The maximum absolute atomic E-state index is 6.22. The lowest BCUT2D eigenvalue weighted by Crippen LogP contribution is -2.05. The molecule has 0 atom stereocenters. The number of fused-ring (bicyclic) bond motifs is 1. The zero-order valence-electron chi connectivity index (χ0n) is 13.0. The van der Waals surface area contributed by atoms with Crippen LogP contribution in [-0.4, -0.2) is 34.7 Å². The van der Waals surface area contributed by atoms with E-state index in [1.807, 2.05) is 28.8 Å². The highest BCUT2D eigenvalue weighted by atomic mass is 35.5. The Hall–Kier alpha value is -2.16. The third-order valence-electron chi connectivity index (χ3n) is 3.55. The van der Waals surface area contributed by atoms with Crippen molar-refractivity contribution in [2.45, 2.75) is 10.9 Å². The van der Waals surface area contributed by atoms with Crippen LogP contribution in [0.5, 0.6) is 0 Å². The summed E-state index contributed by atoms with van der Waals surface area (Å²) in [6.07, 6.45) is 1.58. The zero-order valence-corrected chi connectivity index (χ0v) is 15.3. The number of thioether (sulfide) groups is 1. The molecule has 0 N–H and O–H groups in total. The predicted octanol–water partition coefficient (Wildman–Crippen LogP) is 3.54. The molecular weight excluding hydrogens is 381 g/mol. The fourth-order valence-corrected chi connectivity index (χ4v) is 3.88. The fourth-order valence-electron chi connectivity index (χ4n) is 2.39. The number of hydrogen-bond donors (Lipinski definition) is 0. The molecule has 3 heterocycles. The standard InChI is InChI=1S/C15H11Cl2N7S/c1-23-14(20-21-22-23)24-13-5-3-2-4-11(13)19-15(24)25-8-12-10(17)6-9(16)7-18-12/h2-7H,8H2,1H3. The number of pyridine rings is 1. The van der Waals surface area contributed by atoms with E-state index in [0.717, 1.165) is 21.9 Å². The van der Waals surface area contributed by atoms with Gasteiger partial charge in [0, 0.05) is 19.0 Å². The van der Waals surface area contributed by atoms with Crippen molar-refractivity contribution in [3.63, 3.8) is 0 Å². The first-order valence-electron chi connectivity index (χ1n) is 7.26. The lowest BCUT2D eigenvalue weighted by molar-refractivity contribution is 0.682. The van der Waals surface area contributed by atoms with Gasteiger partial charge in [-0.3, -0.25) is 9.55 Å². The minimum atomic E-state index is 0.510.